The van der Waals surface area contributed by atoms with Crippen LogP contribution in [0.4, 0.5) is 5.69 Å². The highest BCUT2D eigenvalue weighted by atomic mass is 16.5. The van der Waals surface area contributed by atoms with Crippen LogP contribution in [0.25, 0.3) is 5.76 Å². The van der Waals surface area contributed by atoms with Crippen molar-refractivity contribution < 1.29 is 19.0 Å². The molecule has 2 aliphatic rings. The molecule has 2 aromatic carbocycles. The third-order valence-electron chi connectivity index (χ3n) is 6.50. The van der Waals surface area contributed by atoms with Gasteiger partial charge in [-0.2, -0.15) is 0 Å². The Morgan fingerprint density at radius 2 is 1.91 bits per heavy atom. The summed E-state index contributed by atoms with van der Waals surface area (Å²) in [6.45, 7) is 2.05. The molecule has 0 saturated carbocycles. The lowest BCUT2D eigenvalue weighted by Crippen LogP contribution is -2.26. The predicted molar refractivity (Wildman–Crippen MR) is 131 cm³/mol. The maximum Gasteiger partial charge on any atom is 0.338 e. The summed E-state index contributed by atoms with van der Waals surface area (Å²) in [7, 11) is 1.63. The Morgan fingerprint density at radius 1 is 1.12 bits per heavy atom. The Kier molecular flexibility index (Phi) is 5.97. The smallest absolute Gasteiger partial charge is 0.338 e. The number of carbonyl (C=O) groups excluding carboxylic acids is 1. The maximum atomic E-state index is 13.5. The van der Waals surface area contributed by atoms with Crippen molar-refractivity contribution in [3.05, 3.63) is 88.1 Å². The van der Waals surface area contributed by atoms with Crippen LogP contribution in [0.1, 0.15) is 53.6 Å². The number of esters is 1. The average Bonchev–Trinajstić information content (AvgIpc) is 2.88. The molecule has 1 unspecified atom stereocenters. The lowest BCUT2D eigenvalue weighted by molar-refractivity contribution is -0.138. The normalized spacial score (nSPS) is 16.8. The number of methoxy groups -OCH3 is 1. The van der Waals surface area contributed by atoms with Crippen molar-refractivity contribution in [3.63, 3.8) is 0 Å². The minimum absolute atomic E-state index is 0.250. The van der Waals surface area contributed by atoms with E-state index in [1.54, 1.807) is 14.0 Å². The SMILES string of the molecule is CCOC(=O)C1=C(c2ccccc2)Oc2nc3c(c(N)c2C1c1cccc(OC)c1)CCCC3. The molecule has 0 radical (unpaired) electrons. The number of rotatable bonds is 5. The summed E-state index contributed by atoms with van der Waals surface area (Å²) in [5.41, 5.74) is 12.3. The number of benzene rings is 2. The van der Waals surface area contributed by atoms with Crippen molar-refractivity contribution in [2.24, 2.45) is 0 Å². The highest BCUT2D eigenvalue weighted by Crippen LogP contribution is 2.50. The van der Waals surface area contributed by atoms with Crippen molar-refractivity contribution in [3.8, 4) is 11.6 Å². The molecule has 6 nitrogen and oxygen atoms in total. The van der Waals surface area contributed by atoms with Crippen LogP contribution in [-0.4, -0.2) is 24.7 Å². The highest BCUT2D eigenvalue weighted by molar-refractivity contribution is 6.00. The van der Waals surface area contributed by atoms with E-state index in [2.05, 4.69) is 0 Å². The molecule has 2 heterocycles. The summed E-state index contributed by atoms with van der Waals surface area (Å²) in [6.07, 6.45) is 3.89. The molecule has 174 valence electrons. The summed E-state index contributed by atoms with van der Waals surface area (Å²) < 4.78 is 17.4. The Bertz CT molecular complexity index is 1270. The van der Waals surface area contributed by atoms with Gasteiger partial charge in [-0.25, -0.2) is 9.78 Å². The highest BCUT2D eigenvalue weighted by Gasteiger charge is 2.40. The van der Waals surface area contributed by atoms with Crippen molar-refractivity contribution in [2.45, 2.75) is 38.5 Å². The number of ether oxygens (including phenoxy) is 3. The van der Waals surface area contributed by atoms with Crippen LogP contribution in [-0.2, 0) is 22.4 Å². The first-order valence-electron chi connectivity index (χ1n) is 11.7. The molecule has 2 N–H and O–H groups in total. The standard InChI is InChI=1S/C28H28N2O4/c1-3-33-28(31)24-22(18-12-9-13-19(16-18)32-2)23-25(29)20-14-7-8-15-21(20)30-27(23)34-26(24)17-10-5-4-6-11-17/h4-6,9-13,16,22H,3,7-8,14-15H2,1-2H3,(H2,29,30). The van der Waals surface area contributed by atoms with Gasteiger partial charge in [-0.3, -0.25) is 0 Å². The van der Waals surface area contributed by atoms with Crippen molar-refractivity contribution >= 4 is 17.4 Å². The number of aryl methyl sites for hydroxylation is 1. The molecular formula is C28H28N2O4. The van der Waals surface area contributed by atoms with E-state index in [9.17, 15) is 4.79 Å². The van der Waals surface area contributed by atoms with Gasteiger partial charge in [0.25, 0.3) is 0 Å². The molecule has 1 aromatic heterocycles. The van der Waals surface area contributed by atoms with Crippen LogP contribution >= 0.6 is 0 Å². The number of fused-ring (bicyclic) bond motifs is 2. The summed E-state index contributed by atoms with van der Waals surface area (Å²) in [6, 6.07) is 17.3. The molecule has 1 aliphatic heterocycles. The summed E-state index contributed by atoms with van der Waals surface area (Å²) in [4.78, 5) is 18.4. The molecule has 0 saturated heterocycles. The number of aromatic nitrogens is 1. The predicted octanol–water partition coefficient (Wildman–Crippen LogP) is 5.05. The van der Waals surface area contributed by atoms with Gasteiger partial charge >= 0.3 is 5.97 Å². The number of pyridine rings is 1. The first kappa shape index (κ1) is 22.0. The van der Waals surface area contributed by atoms with Crippen LogP contribution in [0.2, 0.25) is 0 Å². The van der Waals surface area contributed by atoms with Gasteiger partial charge < -0.3 is 19.9 Å². The minimum atomic E-state index is -0.507. The molecule has 0 amide bonds. The minimum Gasteiger partial charge on any atom is -0.497 e. The van der Waals surface area contributed by atoms with E-state index in [0.29, 0.717) is 28.6 Å². The summed E-state index contributed by atoms with van der Waals surface area (Å²) >= 11 is 0. The quantitative estimate of drug-likeness (QED) is 0.541. The fraction of sp³-hybridized carbons (Fsp3) is 0.286. The second-order valence-corrected chi connectivity index (χ2v) is 8.52. The molecule has 0 spiro atoms. The van der Waals surface area contributed by atoms with E-state index in [4.69, 9.17) is 24.9 Å². The molecule has 3 aromatic rings. The molecule has 1 aliphatic carbocycles. The monoisotopic (exact) mass is 456 g/mol. The molecule has 34 heavy (non-hydrogen) atoms. The van der Waals surface area contributed by atoms with Crippen LogP contribution in [0.3, 0.4) is 0 Å². The van der Waals surface area contributed by atoms with E-state index in [0.717, 1.165) is 53.6 Å². The number of hydrogen-bond acceptors (Lipinski definition) is 6. The van der Waals surface area contributed by atoms with Gasteiger partial charge in [0.1, 0.15) is 11.5 Å². The molecule has 6 heteroatoms. The summed E-state index contributed by atoms with van der Waals surface area (Å²) in [5, 5.41) is 0. The van der Waals surface area contributed by atoms with Crippen molar-refractivity contribution in [2.75, 3.05) is 19.5 Å². The first-order chi connectivity index (χ1) is 16.6. The first-order valence-corrected chi connectivity index (χ1v) is 11.7. The number of anilines is 1. The maximum absolute atomic E-state index is 13.5. The second kappa shape index (κ2) is 9.21. The average molecular weight is 457 g/mol. The fourth-order valence-corrected chi connectivity index (χ4v) is 4.93. The molecular weight excluding hydrogens is 428 g/mol. The lowest BCUT2D eigenvalue weighted by Gasteiger charge is -2.32. The van der Waals surface area contributed by atoms with E-state index >= 15 is 0 Å². The number of hydrogen-bond donors (Lipinski definition) is 1. The lowest BCUT2D eigenvalue weighted by atomic mass is 9.79. The van der Waals surface area contributed by atoms with Gasteiger partial charge in [0, 0.05) is 16.9 Å². The van der Waals surface area contributed by atoms with E-state index in [-0.39, 0.29) is 6.61 Å². The van der Waals surface area contributed by atoms with E-state index < -0.39 is 11.9 Å². The van der Waals surface area contributed by atoms with Gasteiger partial charge in [-0.05, 0) is 55.9 Å². The van der Waals surface area contributed by atoms with E-state index in [1.807, 2.05) is 54.6 Å². The zero-order valence-corrected chi connectivity index (χ0v) is 19.5. The number of nitrogens with two attached hydrogens (primary N) is 1. The zero-order valence-electron chi connectivity index (χ0n) is 19.5. The van der Waals surface area contributed by atoms with Gasteiger partial charge in [-0.1, -0.05) is 42.5 Å². The number of carbonyl (C=O) groups is 1. The van der Waals surface area contributed by atoms with E-state index in [1.165, 1.54) is 0 Å². The second-order valence-electron chi connectivity index (χ2n) is 8.52. The Labute approximate surface area is 199 Å². The fourth-order valence-electron chi connectivity index (χ4n) is 4.93. The molecule has 5 rings (SSSR count). The summed E-state index contributed by atoms with van der Waals surface area (Å²) in [5.74, 6) is 0.657. The largest absolute Gasteiger partial charge is 0.497 e. The van der Waals surface area contributed by atoms with Crippen LogP contribution in [0, 0.1) is 0 Å². The number of nitrogens with zero attached hydrogens (tertiary/aromatic N) is 1. The molecule has 0 fully saturated rings. The molecule has 0 bridgehead atoms. The number of nitrogen functional groups attached to an aromatic ring is 1. The van der Waals surface area contributed by atoms with Crippen molar-refractivity contribution in [1.82, 2.24) is 4.98 Å². The van der Waals surface area contributed by atoms with Crippen LogP contribution in [0.5, 0.6) is 11.6 Å². The topological polar surface area (TPSA) is 83.7 Å². The molecule has 1 atom stereocenters. The van der Waals surface area contributed by atoms with Crippen LogP contribution < -0.4 is 15.2 Å². The third kappa shape index (κ3) is 3.79. The van der Waals surface area contributed by atoms with Gasteiger partial charge in [0.05, 0.1) is 30.8 Å². The van der Waals surface area contributed by atoms with Gasteiger partial charge in [0.15, 0.2) is 0 Å². The Balaban J connectivity index is 1.82. The van der Waals surface area contributed by atoms with Crippen LogP contribution in [0.15, 0.2) is 60.2 Å². The Morgan fingerprint density at radius 3 is 2.68 bits per heavy atom. The third-order valence-corrected chi connectivity index (χ3v) is 6.50. The van der Waals surface area contributed by atoms with Crippen molar-refractivity contribution in [1.29, 1.82) is 0 Å². The Hall–Kier alpha value is -3.80. The zero-order chi connectivity index (χ0) is 23.7. The van der Waals surface area contributed by atoms with Gasteiger partial charge in [0.2, 0.25) is 5.88 Å². The van der Waals surface area contributed by atoms with Gasteiger partial charge in [-0.15, -0.1) is 0 Å².